The fraction of sp³-hybridized carbons (Fsp3) is 0. The maximum Gasteiger partial charge on any atom is 0.647 e. The van der Waals surface area contributed by atoms with E-state index in [1.807, 2.05) is 0 Å². The molecule has 0 aliphatic rings. The van der Waals surface area contributed by atoms with Crippen LogP contribution < -0.4 is 13.6 Å². The van der Waals surface area contributed by atoms with E-state index in [-0.39, 0.29) is 16.7 Å². The van der Waals surface area contributed by atoms with Crippen LogP contribution in [0, 0.1) is 30.3 Å². The van der Waals surface area contributed by atoms with Gasteiger partial charge in [-0.2, -0.15) is 4.57 Å². The number of hydrogen-bond acceptors (Lipinski definition) is 10. The summed E-state index contributed by atoms with van der Waals surface area (Å²) in [6.07, 6.45) is 3.48. The van der Waals surface area contributed by atoms with Gasteiger partial charge in [0.25, 0.3) is 0 Å². The second-order valence-electron chi connectivity index (χ2n) is 7.19. The van der Waals surface area contributed by atoms with Gasteiger partial charge in [0.15, 0.2) is 0 Å². The molecule has 0 aromatic heterocycles. The van der Waals surface area contributed by atoms with E-state index in [1.54, 1.807) is 0 Å². The van der Waals surface area contributed by atoms with Gasteiger partial charge in [-0.25, -0.2) is 0 Å². The van der Waals surface area contributed by atoms with Crippen molar-refractivity contribution >= 4 is 43.1 Å². The molecular weight excluding hydrogens is 521 g/mol. The molecule has 0 aliphatic heterocycles. The van der Waals surface area contributed by atoms with Crippen LogP contribution in [0.1, 0.15) is 16.7 Å². The van der Waals surface area contributed by atoms with Gasteiger partial charge in [-0.05, 0) is 0 Å². The van der Waals surface area contributed by atoms with Crippen molar-refractivity contribution in [2.75, 3.05) is 0 Å². The number of rotatable bonds is 12. The molecule has 3 rings (SSSR count). The van der Waals surface area contributed by atoms with Gasteiger partial charge in [0.05, 0.1) is 14.8 Å². The Balaban J connectivity index is 2.31. The molecule has 0 fully saturated rings. The Hall–Kier alpha value is -5.29. The fourth-order valence-corrected chi connectivity index (χ4v) is 4.61. The molecule has 14 heteroatoms. The molecule has 0 saturated heterocycles. The van der Waals surface area contributed by atoms with Crippen molar-refractivity contribution in [1.29, 1.82) is 0 Å². The van der Waals surface area contributed by atoms with Gasteiger partial charge in [-0.15, -0.1) is 0 Å². The third-order valence-electron chi connectivity index (χ3n) is 4.93. The molecule has 194 valence electrons. The SMILES string of the molecule is C=Cc1cccc([N+](=O)[O-])c1OP(=O)(Oc1c(C=C)cccc1[N+](=O)[O-])Oc1c(C=C)cccc1[N+](=O)[O-]. The van der Waals surface area contributed by atoms with Gasteiger partial charge in [0, 0.05) is 34.9 Å². The molecule has 0 bridgehead atoms. The summed E-state index contributed by atoms with van der Waals surface area (Å²) in [6, 6.07) is 11.1. The largest absolute Gasteiger partial charge is 0.647 e. The lowest BCUT2D eigenvalue weighted by atomic mass is 10.2. The van der Waals surface area contributed by atoms with E-state index in [9.17, 15) is 34.9 Å². The Morgan fingerprint density at radius 1 is 0.579 bits per heavy atom. The van der Waals surface area contributed by atoms with E-state index >= 15 is 0 Å². The lowest BCUT2D eigenvalue weighted by Gasteiger charge is -2.21. The standard InChI is InChI=1S/C24H18N3O10P/c1-4-16-10-7-13-19(25(28)29)22(16)35-38(34,36-23-17(5-2)11-8-14-20(23)26(30)31)37-24-18(6-3)12-9-15-21(24)27(32)33/h4-15H,1-3H2. The highest BCUT2D eigenvalue weighted by Gasteiger charge is 2.41. The number of para-hydroxylation sites is 3. The first-order valence-electron chi connectivity index (χ1n) is 10.4. The third kappa shape index (κ3) is 5.58. The van der Waals surface area contributed by atoms with Crippen LogP contribution in [0.25, 0.3) is 18.2 Å². The van der Waals surface area contributed by atoms with Crippen LogP contribution >= 0.6 is 7.82 Å². The average molecular weight is 539 g/mol. The maximum atomic E-state index is 14.2. The van der Waals surface area contributed by atoms with E-state index in [0.717, 1.165) is 36.4 Å². The first-order valence-corrected chi connectivity index (χ1v) is 11.9. The molecule has 0 unspecified atom stereocenters. The average Bonchev–Trinajstić information content (AvgIpc) is 2.88. The van der Waals surface area contributed by atoms with Gasteiger partial charge < -0.3 is 13.6 Å². The van der Waals surface area contributed by atoms with Gasteiger partial charge in [0.1, 0.15) is 0 Å². The molecular formula is C24H18N3O10P. The first-order chi connectivity index (χ1) is 18.0. The Bertz CT molecular complexity index is 1360. The Labute approximate surface area is 215 Å². The van der Waals surface area contributed by atoms with Crippen molar-refractivity contribution in [2.24, 2.45) is 0 Å². The minimum absolute atomic E-state index is 0.00960. The normalized spacial score (nSPS) is 10.6. The molecule has 0 heterocycles. The molecule has 3 aromatic carbocycles. The van der Waals surface area contributed by atoms with E-state index < -0.39 is 56.9 Å². The zero-order chi connectivity index (χ0) is 28.0. The van der Waals surface area contributed by atoms with Crippen molar-refractivity contribution in [3.05, 3.63) is 121 Å². The first kappa shape index (κ1) is 27.3. The lowest BCUT2D eigenvalue weighted by Crippen LogP contribution is -2.12. The van der Waals surface area contributed by atoms with Crippen molar-refractivity contribution in [2.45, 2.75) is 0 Å². The summed E-state index contributed by atoms with van der Waals surface area (Å²) >= 11 is 0. The highest BCUT2D eigenvalue weighted by atomic mass is 31.2. The van der Waals surface area contributed by atoms with E-state index in [1.165, 1.54) is 36.4 Å². The van der Waals surface area contributed by atoms with E-state index in [2.05, 4.69) is 19.7 Å². The highest BCUT2D eigenvalue weighted by molar-refractivity contribution is 7.49. The van der Waals surface area contributed by atoms with Crippen LogP contribution in [-0.4, -0.2) is 14.8 Å². The van der Waals surface area contributed by atoms with E-state index in [4.69, 9.17) is 13.6 Å². The topological polar surface area (TPSA) is 174 Å². The van der Waals surface area contributed by atoms with Gasteiger partial charge in [-0.1, -0.05) is 74.4 Å². The van der Waals surface area contributed by atoms with Gasteiger partial charge in [0.2, 0.25) is 17.2 Å². The lowest BCUT2D eigenvalue weighted by molar-refractivity contribution is -0.385. The summed E-state index contributed by atoms with van der Waals surface area (Å²) in [5, 5.41) is 35.1. The van der Waals surface area contributed by atoms with Crippen molar-refractivity contribution in [3.63, 3.8) is 0 Å². The Morgan fingerprint density at radius 2 is 0.842 bits per heavy atom. The summed E-state index contributed by atoms with van der Waals surface area (Å²) in [4.78, 5) is 32.6. The smallest absolute Gasteiger partial charge is 0.378 e. The molecule has 13 nitrogen and oxygen atoms in total. The summed E-state index contributed by atoms with van der Waals surface area (Å²) in [5.41, 5.74) is -2.05. The molecule has 38 heavy (non-hydrogen) atoms. The molecule has 0 saturated carbocycles. The Kier molecular flexibility index (Phi) is 8.04. The molecule has 0 N–H and O–H groups in total. The highest BCUT2D eigenvalue weighted by Crippen LogP contribution is 2.56. The molecule has 3 aromatic rings. The number of phosphoric ester groups is 1. The van der Waals surface area contributed by atoms with Crippen molar-refractivity contribution < 1.29 is 32.9 Å². The van der Waals surface area contributed by atoms with Crippen LogP contribution in [0.4, 0.5) is 17.1 Å². The molecule has 0 aliphatic carbocycles. The van der Waals surface area contributed by atoms with Crippen LogP contribution in [0.5, 0.6) is 17.2 Å². The molecule has 0 atom stereocenters. The van der Waals surface area contributed by atoms with Crippen LogP contribution in [0.2, 0.25) is 0 Å². The number of nitrogens with zero attached hydrogens (tertiary/aromatic N) is 3. The summed E-state index contributed by atoms with van der Waals surface area (Å²) in [5.74, 6) is -1.85. The monoisotopic (exact) mass is 539 g/mol. The third-order valence-corrected chi connectivity index (χ3v) is 6.15. The number of benzene rings is 3. The Morgan fingerprint density at radius 3 is 1.05 bits per heavy atom. The summed E-state index contributed by atoms with van der Waals surface area (Å²) < 4.78 is 30.6. The number of hydrogen-bond donors (Lipinski definition) is 0. The van der Waals surface area contributed by atoms with Crippen molar-refractivity contribution in [1.82, 2.24) is 0 Å². The zero-order valence-corrected chi connectivity index (χ0v) is 20.3. The minimum atomic E-state index is -5.26. The molecule has 0 amide bonds. The summed E-state index contributed by atoms with van der Waals surface area (Å²) in [6.45, 7) is 10.6. The van der Waals surface area contributed by atoms with E-state index in [0.29, 0.717) is 0 Å². The fourth-order valence-electron chi connectivity index (χ4n) is 3.23. The van der Waals surface area contributed by atoms with Gasteiger partial charge in [-0.3, -0.25) is 30.3 Å². The second kappa shape index (κ2) is 11.2. The quantitative estimate of drug-likeness (QED) is 0.132. The van der Waals surface area contributed by atoms with Gasteiger partial charge >= 0.3 is 24.9 Å². The van der Waals surface area contributed by atoms with Crippen LogP contribution in [0.3, 0.4) is 0 Å². The van der Waals surface area contributed by atoms with Crippen LogP contribution in [0.15, 0.2) is 74.3 Å². The second-order valence-corrected chi connectivity index (χ2v) is 8.63. The predicted molar refractivity (Wildman–Crippen MR) is 139 cm³/mol. The molecule has 0 spiro atoms. The number of nitro groups is 3. The van der Waals surface area contributed by atoms with Crippen molar-refractivity contribution in [3.8, 4) is 17.2 Å². The zero-order valence-electron chi connectivity index (χ0n) is 19.4. The maximum absolute atomic E-state index is 14.2. The summed E-state index contributed by atoms with van der Waals surface area (Å²) in [7, 11) is -5.26. The molecule has 0 radical (unpaired) electrons. The van der Waals surface area contributed by atoms with Crippen LogP contribution in [-0.2, 0) is 4.57 Å². The predicted octanol–water partition coefficient (Wildman–Crippen LogP) is 6.99. The minimum Gasteiger partial charge on any atom is -0.378 e. The number of phosphoric acid groups is 1. The number of nitro benzene ring substituents is 3.